The van der Waals surface area contributed by atoms with Gasteiger partial charge in [-0.15, -0.1) is 0 Å². The Morgan fingerprint density at radius 2 is 1.89 bits per heavy atom. The van der Waals surface area contributed by atoms with Crippen molar-refractivity contribution in [2.75, 3.05) is 31.1 Å². The molecule has 2 amide bonds. The summed E-state index contributed by atoms with van der Waals surface area (Å²) in [5, 5.41) is 7.92. The maximum atomic E-state index is 13.1. The Balaban J connectivity index is 1.33. The Morgan fingerprint density at radius 1 is 1.15 bits per heavy atom. The number of hydrogen-bond donors (Lipinski definition) is 1. The first kappa shape index (κ1) is 17.3. The van der Waals surface area contributed by atoms with E-state index in [-0.39, 0.29) is 11.8 Å². The van der Waals surface area contributed by atoms with E-state index in [1.54, 1.807) is 17.0 Å². The van der Waals surface area contributed by atoms with Gasteiger partial charge >= 0.3 is 6.03 Å². The minimum atomic E-state index is -0.243. The van der Waals surface area contributed by atoms with Crippen LogP contribution in [0.2, 0.25) is 0 Å². The molecule has 1 aliphatic rings. The van der Waals surface area contributed by atoms with Crippen LogP contribution >= 0.6 is 0 Å². The van der Waals surface area contributed by atoms with Gasteiger partial charge in [-0.3, -0.25) is 0 Å². The zero-order valence-electron chi connectivity index (χ0n) is 15.1. The molecule has 2 aromatic carbocycles. The van der Waals surface area contributed by atoms with Crippen LogP contribution in [-0.2, 0) is 6.54 Å². The van der Waals surface area contributed by atoms with Crippen molar-refractivity contribution in [3.8, 4) is 0 Å². The second-order valence-electron chi connectivity index (χ2n) is 6.74. The van der Waals surface area contributed by atoms with Crippen LogP contribution in [0.1, 0.15) is 11.3 Å². The lowest BCUT2D eigenvalue weighted by molar-refractivity contribution is 0.193. The summed E-state index contributed by atoms with van der Waals surface area (Å²) in [5.41, 5.74) is 3.54. The molecule has 1 N–H and O–H groups in total. The van der Waals surface area contributed by atoms with E-state index in [0.29, 0.717) is 32.7 Å². The third-order valence-corrected chi connectivity index (χ3v) is 4.87. The van der Waals surface area contributed by atoms with Gasteiger partial charge in [0.1, 0.15) is 11.5 Å². The molecule has 0 atom stereocenters. The SMILES string of the molecule is Cc1ccc2onc(CNC(=O)N3CCN(c4ccc(F)cc4)CC3)c2c1. The first-order valence-electron chi connectivity index (χ1n) is 8.98. The van der Waals surface area contributed by atoms with E-state index in [9.17, 15) is 9.18 Å². The highest BCUT2D eigenvalue weighted by Crippen LogP contribution is 2.20. The molecular weight excluding hydrogens is 347 g/mol. The molecular formula is C20H21FN4O2. The van der Waals surface area contributed by atoms with Gasteiger partial charge in [0.2, 0.25) is 0 Å². The molecule has 0 saturated carbocycles. The Morgan fingerprint density at radius 3 is 2.63 bits per heavy atom. The molecule has 27 heavy (non-hydrogen) atoms. The number of hydrogen-bond acceptors (Lipinski definition) is 4. The van der Waals surface area contributed by atoms with Crippen molar-refractivity contribution in [2.24, 2.45) is 0 Å². The molecule has 1 fully saturated rings. The zero-order chi connectivity index (χ0) is 18.8. The molecule has 0 bridgehead atoms. The monoisotopic (exact) mass is 368 g/mol. The molecule has 140 valence electrons. The van der Waals surface area contributed by atoms with E-state index in [0.717, 1.165) is 27.9 Å². The second-order valence-corrected chi connectivity index (χ2v) is 6.74. The molecule has 3 aromatic rings. The molecule has 7 heteroatoms. The number of carbonyl (C=O) groups excluding carboxylic acids is 1. The van der Waals surface area contributed by atoms with Crippen LogP contribution in [0.3, 0.4) is 0 Å². The van der Waals surface area contributed by atoms with Gasteiger partial charge in [-0.1, -0.05) is 16.8 Å². The number of amides is 2. The van der Waals surface area contributed by atoms with Crippen molar-refractivity contribution >= 4 is 22.7 Å². The van der Waals surface area contributed by atoms with Crippen LogP contribution in [0.5, 0.6) is 0 Å². The molecule has 1 aliphatic heterocycles. The molecule has 0 aliphatic carbocycles. The van der Waals surface area contributed by atoms with Crippen LogP contribution in [0, 0.1) is 12.7 Å². The quantitative estimate of drug-likeness (QED) is 0.771. The third kappa shape index (κ3) is 3.72. The first-order chi connectivity index (χ1) is 13.1. The largest absolute Gasteiger partial charge is 0.368 e. The maximum Gasteiger partial charge on any atom is 0.317 e. The van der Waals surface area contributed by atoms with Gasteiger partial charge < -0.3 is 19.6 Å². The summed E-state index contributed by atoms with van der Waals surface area (Å²) in [4.78, 5) is 16.4. The van der Waals surface area contributed by atoms with Crippen LogP contribution in [0.25, 0.3) is 11.0 Å². The maximum absolute atomic E-state index is 13.1. The number of nitrogens with zero attached hydrogens (tertiary/aromatic N) is 3. The number of aryl methyl sites for hydroxylation is 1. The number of rotatable bonds is 3. The lowest BCUT2D eigenvalue weighted by atomic mass is 10.1. The van der Waals surface area contributed by atoms with Crippen LogP contribution in [0.15, 0.2) is 47.0 Å². The van der Waals surface area contributed by atoms with E-state index in [4.69, 9.17) is 4.52 Å². The number of urea groups is 1. The van der Waals surface area contributed by atoms with Crippen molar-refractivity contribution < 1.29 is 13.7 Å². The van der Waals surface area contributed by atoms with Crippen LogP contribution in [-0.4, -0.2) is 42.3 Å². The predicted octanol–water partition coefficient (Wildman–Crippen LogP) is 3.31. The summed E-state index contributed by atoms with van der Waals surface area (Å²) < 4.78 is 18.4. The highest BCUT2D eigenvalue weighted by atomic mass is 19.1. The standard InChI is InChI=1S/C20H21FN4O2/c1-14-2-7-19-17(12-14)18(23-27-19)13-22-20(26)25-10-8-24(9-11-25)16-5-3-15(21)4-6-16/h2-7,12H,8-11,13H2,1H3,(H,22,26). The third-order valence-electron chi connectivity index (χ3n) is 4.87. The number of aromatic nitrogens is 1. The van der Waals surface area contributed by atoms with Gasteiger partial charge in [0.15, 0.2) is 5.58 Å². The van der Waals surface area contributed by atoms with Gasteiger partial charge in [-0.25, -0.2) is 9.18 Å². The van der Waals surface area contributed by atoms with Crippen LogP contribution in [0.4, 0.5) is 14.9 Å². The number of piperazine rings is 1. The number of carbonyl (C=O) groups is 1. The van der Waals surface area contributed by atoms with Crippen LogP contribution < -0.4 is 10.2 Å². The average molecular weight is 368 g/mol. The van der Waals surface area contributed by atoms with Gasteiger partial charge in [-0.2, -0.15) is 0 Å². The van der Waals surface area contributed by atoms with Gasteiger partial charge in [0.05, 0.1) is 6.54 Å². The van der Waals surface area contributed by atoms with Gasteiger partial charge in [0, 0.05) is 37.3 Å². The Kier molecular flexibility index (Phi) is 4.66. The highest BCUT2D eigenvalue weighted by molar-refractivity contribution is 5.81. The first-order valence-corrected chi connectivity index (χ1v) is 8.98. The van der Waals surface area contributed by atoms with Gasteiger partial charge in [-0.05, 0) is 43.3 Å². The average Bonchev–Trinajstić information content (AvgIpc) is 3.09. The minimum Gasteiger partial charge on any atom is -0.368 e. The fourth-order valence-electron chi connectivity index (χ4n) is 3.32. The molecule has 0 radical (unpaired) electrons. The Labute approximate surface area is 156 Å². The van der Waals surface area contributed by atoms with E-state index in [1.165, 1.54) is 12.1 Å². The molecule has 1 aromatic heterocycles. The summed E-state index contributed by atoms with van der Waals surface area (Å²) in [7, 11) is 0. The van der Waals surface area contributed by atoms with Gasteiger partial charge in [0.25, 0.3) is 0 Å². The summed E-state index contributed by atoms with van der Waals surface area (Å²) in [5.74, 6) is -0.243. The van der Waals surface area contributed by atoms with E-state index in [2.05, 4.69) is 15.4 Å². The van der Waals surface area contributed by atoms with Crippen molar-refractivity contribution in [2.45, 2.75) is 13.5 Å². The molecule has 0 unspecified atom stereocenters. The summed E-state index contributed by atoms with van der Waals surface area (Å²) in [6, 6.07) is 12.2. The van der Waals surface area contributed by atoms with Crippen molar-refractivity contribution in [3.05, 3.63) is 59.5 Å². The van der Waals surface area contributed by atoms with E-state index in [1.807, 2.05) is 25.1 Å². The number of nitrogens with one attached hydrogen (secondary N) is 1. The summed E-state index contributed by atoms with van der Waals surface area (Å²) in [6.07, 6.45) is 0. The number of anilines is 1. The molecule has 6 nitrogen and oxygen atoms in total. The second kappa shape index (κ2) is 7.26. The number of benzene rings is 2. The van der Waals surface area contributed by atoms with E-state index < -0.39 is 0 Å². The predicted molar refractivity (Wildman–Crippen MR) is 101 cm³/mol. The highest BCUT2D eigenvalue weighted by Gasteiger charge is 2.21. The van der Waals surface area contributed by atoms with Crippen molar-refractivity contribution in [3.63, 3.8) is 0 Å². The Bertz CT molecular complexity index is 946. The lowest BCUT2D eigenvalue weighted by Gasteiger charge is -2.36. The zero-order valence-corrected chi connectivity index (χ0v) is 15.1. The van der Waals surface area contributed by atoms with E-state index >= 15 is 0 Å². The Hall–Kier alpha value is -3.09. The smallest absolute Gasteiger partial charge is 0.317 e. The molecule has 0 spiro atoms. The number of halogens is 1. The summed E-state index contributed by atoms with van der Waals surface area (Å²) >= 11 is 0. The van der Waals surface area contributed by atoms with Crippen molar-refractivity contribution in [1.82, 2.24) is 15.4 Å². The number of fused-ring (bicyclic) bond motifs is 1. The van der Waals surface area contributed by atoms with Crippen molar-refractivity contribution in [1.29, 1.82) is 0 Å². The normalized spacial score (nSPS) is 14.6. The fourth-order valence-corrected chi connectivity index (χ4v) is 3.32. The minimum absolute atomic E-state index is 0.113. The molecule has 1 saturated heterocycles. The fraction of sp³-hybridized carbons (Fsp3) is 0.300. The lowest BCUT2D eigenvalue weighted by Crippen LogP contribution is -2.51. The summed E-state index contributed by atoms with van der Waals surface area (Å²) in [6.45, 7) is 4.99. The topological polar surface area (TPSA) is 61.6 Å². The molecule has 2 heterocycles. The molecule has 4 rings (SSSR count).